The van der Waals surface area contributed by atoms with Gasteiger partial charge in [0, 0.05) is 0 Å². The summed E-state index contributed by atoms with van der Waals surface area (Å²) in [7, 11) is -5.84. The first kappa shape index (κ1) is 39.4. The largest absolute Gasteiger partial charge is 0.522 e. The third-order valence-corrected chi connectivity index (χ3v) is 50.8. The molecule has 6 fully saturated rings. The molecule has 0 radical (unpaired) electrons. The van der Waals surface area contributed by atoms with Crippen molar-refractivity contribution in [1.82, 2.24) is 0 Å². The SMILES string of the molecule is C1CCC([PH]([Pd][PH](C2CCCCC2)(C2CCCCC2)C2CCCCC2)(C2CCCCC2)C2CCCCC2)CC1.O=S(=O)(O)C(F)(F)F. The van der Waals surface area contributed by atoms with Gasteiger partial charge in [-0.15, -0.1) is 0 Å². The summed E-state index contributed by atoms with van der Waals surface area (Å²) in [5.41, 5.74) is -0.638. The van der Waals surface area contributed by atoms with Gasteiger partial charge in [-0.05, 0) is 0 Å². The van der Waals surface area contributed by atoms with Crippen molar-refractivity contribution in [3.63, 3.8) is 0 Å². The van der Waals surface area contributed by atoms with Gasteiger partial charge in [-0.25, -0.2) is 0 Å². The summed E-state index contributed by atoms with van der Waals surface area (Å²) in [6.07, 6.45) is 49.5. The van der Waals surface area contributed by atoms with Gasteiger partial charge in [0.15, 0.2) is 0 Å². The quantitative estimate of drug-likeness (QED) is 0.115. The normalized spacial score (nSPS) is 27.7. The summed E-state index contributed by atoms with van der Waals surface area (Å²) in [4.78, 5) is 0. The van der Waals surface area contributed by atoms with Crippen molar-refractivity contribution in [1.29, 1.82) is 0 Å². The van der Waals surface area contributed by atoms with Crippen LogP contribution in [0.5, 0.6) is 0 Å². The molecular formula is C37H69F3O3P2PdS. The summed E-state index contributed by atoms with van der Waals surface area (Å²) in [5, 5.41) is 0. The second-order valence-electron chi connectivity index (χ2n) is 16.6. The van der Waals surface area contributed by atoms with Crippen molar-refractivity contribution >= 4 is 21.0 Å². The maximum atomic E-state index is 10.7. The van der Waals surface area contributed by atoms with Crippen LogP contribution in [0.1, 0.15) is 193 Å². The monoisotopic (exact) mass is 818 g/mol. The third kappa shape index (κ3) is 9.61. The molecule has 0 aromatic rings. The second kappa shape index (κ2) is 18.3. The fourth-order valence-corrected chi connectivity index (χ4v) is 64.0. The van der Waals surface area contributed by atoms with Crippen molar-refractivity contribution < 1.29 is 43.1 Å². The van der Waals surface area contributed by atoms with Gasteiger partial charge in [0.1, 0.15) is 0 Å². The van der Waals surface area contributed by atoms with Crippen LogP contribution in [0.2, 0.25) is 0 Å². The molecule has 0 saturated heterocycles. The molecule has 0 unspecified atom stereocenters. The van der Waals surface area contributed by atoms with Crippen LogP contribution in [0.25, 0.3) is 0 Å². The Labute approximate surface area is 294 Å². The minimum absolute atomic E-state index is 1.27. The molecule has 0 amide bonds. The molecule has 0 heterocycles. The first-order valence-corrected chi connectivity index (χ1v) is 30.4. The van der Waals surface area contributed by atoms with Gasteiger partial charge in [-0.1, -0.05) is 0 Å². The Bertz CT molecular complexity index is 873. The molecule has 282 valence electrons. The average Bonchev–Trinajstić information content (AvgIpc) is 3.11. The number of halogens is 3. The molecule has 0 atom stereocenters. The number of hydrogen-bond donors (Lipinski definition) is 1. The van der Waals surface area contributed by atoms with Gasteiger partial charge < -0.3 is 0 Å². The molecule has 6 rings (SSSR count). The standard InChI is InChI=1S/2C18H33P.CHF3O3S.Pd/c2*1-4-10-16(11-5-1)19(17-12-6-2-7-13-17)18-14-8-3-9-15-18;2-1(3,4)8(5,6)7;/h2*16-18H,1-15H2;(H,5,6,7);/q;;;-2/p+2. The topological polar surface area (TPSA) is 54.4 Å². The average molecular weight is 819 g/mol. The van der Waals surface area contributed by atoms with E-state index >= 15 is 0 Å². The summed E-state index contributed by atoms with van der Waals surface area (Å²) in [6.45, 7) is 0. The van der Waals surface area contributed by atoms with Crippen LogP contribution in [-0.2, 0) is 27.1 Å². The Balaban J connectivity index is 0.000000483. The van der Waals surface area contributed by atoms with Crippen molar-refractivity contribution in [2.75, 3.05) is 0 Å². The zero-order valence-corrected chi connectivity index (χ0v) is 33.7. The van der Waals surface area contributed by atoms with E-state index in [4.69, 9.17) is 13.0 Å². The number of hydrogen-bond acceptors (Lipinski definition) is 2. The maximum absolute atomic E-state index is 10.7. The molecule has 6 saturated carbocycles. The van der Waals surface area contributed by atoms with E-state index in [1.54, 1.807) is 193 Å². The van der Waals surface area contributed by atoms with Crippen molar-refractivity contribution in [3.8, 4) is 0 Å². The predicted molar refractivity (Wildman–Crippen MR) is 195 cm³/mol. The van der Waals surface area contributed by atoms with E-state index in [2.05, 4.69) is 0 Å². The fourth-order valence-electron chi connectivity index (χ4n) is 11.8. The van der Waals surface area contributed by atoms with Crippen molar-refractivity contribution in [2.24, 2.45) is 0 Å². The Kier molecular flexibility index (Phi) is 15.4. The number of rotatable bonds is 8. The minimum Gasteiger partial charge on any atom is -0.279 e. The molecule has 0 aromatic carbocycles. The van der Waals surface area contributed by atoms with Gasteiger partial charge in [0.25, 0.3) is 0 Å². The Morgan fingerprint density at radius 2 is 0.553 bits per heavy atom. The van der Waals surface area contributed by atoms with E-state index in [1.807, 2.05) is 0 Å². The van der Waals surface area contributed by atoms with Crippen LogP contribution in [0.4, 0.5) is 13.2 Å². The van der Waals surface area contributed by atoms with Gasteiger partial charge in [-0.2, -0.15) is 21.6 Å². The first-order valence-electron chi connectivity index (χ1n) is 20.2. The molecule has 1 N–H and O–H groups in total. The van der Waals surface area contributed by atoms with Crippen molar-refractivity contribution in [3.05, 3.63) is 0 Å². The Morgan fingerprint density at radius 3 is 0.681 bits per heavy atom. The maximum Gasteiger partial charge on any atom is 0.522 e. The van der Waals surface area contributed by atoms with E-state index in [0.717, 1.165) is 0 Å². The Hall–Kier alpha value is 1.22. The van der Waals surface area contributed by atoms with Crippen LogP contribution < -0.4 is 0 Å². The van der Waals surface area contributed by atoms with E-state index in [1.165, 1.54) is 50.9 Å². The van der Waals surface area contributed by atoms with Crippen LogP contribution in [0.3, 0.4) is 0 Å². The zero-order valence-electron chi connectivity index (χ0n) is 29.3. The molecule has 0 aromatic heterocycles. The summed E-state index contributed by atoms with van der Waals surface area (Å²) >= 11 is 1.30. The summed E-state index contributed by atoms with van der Waals surface area (Å²) < 4.78 is 57.5. The molecule has 0 bridgehead atoms. The zero-order chi connectivity index (χ0) is 33.4. The number of alkyl halides is 3. The van der Waals surface area contributed by atoms with E-state index < -0.39 is 26.5 Å². The molecule has 6 aliphatic carbocycles. The molecular weight excluding hydrogens is 750 g/mol. The second-order valence-corrected chi connectivity index (χ2v) is 38.2. The third-order valence-electron chi connectivity index (χ3n) is 13.8. The van der Waals surface area contributed by atoms with Gasteiger partial charge in [0.2, 0.25) is 0 Å². The molecule has 3 nitrogen and oxygen atoms in total. The smallest absolute Gasteiger partial charge is 0.279 e. The summed E-state index contributed by atoms with van der Waals surface area (Å²) in [5.74, 6) is 0. The van der Waals surface area contributed by atoms with E-state index in [-0.39, 0.29) is 0 Å². The van der Waals surface area contributed by atoms with Crippen molar-refractivity contribution in [2.45, 2.75) is 232 Å². The van der Waals surface area contributed by atoms with Crippen LogP contribution in [-0.4, -0.2) is 52.4 Å². The van der Waals surface area contributed by atoms with Crippen LogP contribution >= 0.6 is 10.9 Å². The van der Waals surface area contributed by atoms with Gasteiger partial charge >= 0.3 is 270 Å². The molecule has 10 heteroatoms. The molecule has 0 spiro atoms. The van der Waals surface area contributed by atoms with Gasteiger partial charge in [-0.3, -0.25) is 4.55 Å². The predicted octanol–water partition coefficient (Wildman–Crippen LogP) is 12.8. The molecule has 0 aliphatic heterocycles. The molecule has 6 aliphatic rings. The van der Waals surface area contributed by atoms with E-state index in [0.29, 0.717) is 0 Å². The molecule has 47 heavy (non-hydrogen) atoms. The van der Waals surface area contributed by atoms with Crippen LogP contribution in [0.15, 0.2) is 0 Å². The Morgan fingerprint density at radius 1 is 0.404 bits per heavy atom. The summed E-state index contributed by atoms with van der Waals surface area (Å²) in [6, 6.07) is 0. The minimum atomic E-state index is -5.84. The van der Waals surface area contributed by atoms with Crippen LogP contribution in [0, 0.1) is 0 Å². The fraction of sp³-hybridized carbons (Fsp3) is 1.00. The van der Waals surface area contributed by atoms with Gasteiger partial charge in [0.05, 0.1) is 0 Å². The first-order chi connectivity index (χ1) is 22.6. The van der Waals surface area contributed by atoms with E-state index in [9.17, 15) is 13.2 Å².